The monoisotopic (exact) mass is 241 g/mol. The number of hydrogen-bond donors (Lipinski definition) is 2. The van der Waals surface area contributed by atoms with E-state index in [2.05, 4.69) is 5.32 Å². The van der Waals surface area contributed by atoms with Gasteiger partial charge in [-0.15, -0.1) is 0 Å². The number of hydrogen-bond acceptors (Lipinski definition) is 2. The van der Waals surface area contributed by atoms with Crippen molar-refractivity contribution in [2.75, 3.05) is 17.7 Å². The Morgan fingerprint density at radius 1 is 1.06 bits per heavy atom. The Balaban J connectivity index is 2.47. The maximum atomic E-state index is 12.0. The lowest BCUT2D eigenvalue weighted by atomic mass is 10.2. The molecule has 18 heavy (non-hydrogen) atoms. The largest absolute Gasteiger partial charge is 0.399 e. The van der Waals surface area contributed by atoms with Gasteiger partial charge in [-0.2, -0.15) is 0 Å². The first-order chi connectivity index (χ1) is 8.72. The van der Waals surface area contributed by atoms with Gasteiger partial charge in [-0.05, 0) is 30.3 Å². The summed E-state index contributed by atoms with van der Waals surface area (Å²) in [6.07, 6.45) is 0. The maximum Gasteiger partial charge on any atom is 0.326 e. The van der Waals surface area contributed by atoms with E-state index in [0.29, 0.717) is 5.69 Å². The van der Waals surface area contributed by atoms with Crippen molar-refractivity contribution in [3.8, 4) is 0 Å². The van der Waals surface area contributed by atoms with Gasteiger partial charge >= 0.3 is 6.03 Å². The van der Waals surface area contributed by atoms with Crippen LogP contribution in [0.2, 0.25) is 0 Å². The summed E-state index contributed by atoms with van der Waals surface area (Å²) in [5, 5.41) is 2.63. The van der Waals surface area contributed by atoms with E-state index in [1.807, 2.05) is 42.5 Å². The van der Waals surface area contributed by atoms with Crippen LogP contribution in [0.4, 0.5) is 21.9 Å². The van der Waals surface area contributed by atoms with Gasteiger partial charge in [0.25, 0.3) is 0 Å². The number of nitrogens with two attached hydrogens (primary N) is 1. The molecular weight excluding hydrogens is 226 g/mol. The molecule has 0 bridgehead atoms. The summed E-state index contributed by atoms with van der Waals surface area (Å²) >= 11 is 0. The minimum atomic E-state index is -0.202. The van der Waals surface area contributed by atoms with E-state index in [4.69, 9.17) is 5.73 Å². The van der Waals surface area contributed by atoms with Gasteiger partial charge in [0.15, 0.2) is 0 Å². The molecule has 4 heteroatoms. The van der Waals surface area contributed by atoms with Gasteiger partial charge in [-0.1, -0.05) is 24.3 Å². The maximum absolute atomic E-state index is 12.0. The Bertz CT molecular complexity index is 540. The van der Waals surface area contributed by atoms with Crippen LogP contribution >= 0.6 is 0 Å². The first-order valence-electron chi connectivity index (χ1n) is 5.65. The fourth-order valence-electron chi connectivity index (χ4n) is 1.74. The molecule has 0 atom stereocenters. The van der Waals surface area contributed by atoms with Gasteiger partial charge < -0.3 is 11.1 Å². The zero-order valence-corrected chi connectivity index (χ0v) is 10.1. The molecule has 0 aliphatic heterocycles. The van der Waals surface area contributed by atoms with Crippen molar-refractivity contribution in [3.05, 3.63) is 54.6 Å². The van der Waals surface area contributed by atoms with Crippen LogP contribution < -0.4 is 16.0 Å². The summed E-state index contributed by atoms with van der Waals surface area (Å²) in [5.74, 6) is 0. The normalized spacial score (nSPS) is 9.83. The van der Waals surface area contributed by atoms with Crippen LogP contribution in [0.5, 0.6) is 0 Å². The zero-order chi connectivity index (χ0) is 13.0. The van der Waals surface area contributed by atoms with Crippen molar-refractivity contribution in [2.45, 2.75) is 0 Å². The number of para-hydroxylation sites is 1. The first kappa shape index (κ1) is 12.0. The summed E-state index contributed by atoms with van der Waals surface area (Å²) in [7, 11) is 1.60. The number of nitrogens with zero attached hydrogens (tertiary/aromatic N) is 1. The topological polar surface area (TPSA) is 58.4 Å². The Kier molecular flexibility index (Phi) is 3.48. The third-order valence-corrected chi connectivity index (χ3v) is 2.56. The number of anilines is 3. The molecule has 3 N–H and O–H groups in total. The summed E-state index contributed by atoms with van der Waals surface area (Å²) in [4.78, 5) is 13.6. The van der Waals surface area contributed by atoms with E-state index in [9.17, 15) is 4.79 Å². The van der Waals surface area contributed by atoms with E-state index in [1.165, 1.54) is 0 Å². The summed E-state index contributed by atoms with van der Waals surface area (Å²) in [6.45, 7) is 0. The van der Waals surface area contributed by atoms with E-state index in [1.54, 1.807) is 24.1 Å². The molecule has 0 fully saturated rings. The van der Waals surface area contributed by atoms with Crippen LogP contribution in [0.25, 0.3) is 0 Å². The molecule has 0 aromatic heterocycles. The van der Waals surface area contributed by atoms with Crippen LogP contribution in [-0.2, 0) is 0 Å². The highest BCUT2D eigenvalue weighted by atomic mass is 16.2. The Morgan fingerprint density at radius 3 is 2.33 bits per heavy atom. The van der Waals surface area contributed by atoms with Gasteiger partial charge in [0.2, 0.25) is 0 Å². The van der Waals surface area contributed by atoms with E-state index in [0.717, 1.165) is 11.4 Å². The van der Waals surface area contributed by atoms with Crippen LogP contribution in [0.3, 0.4) is 0 Å². The van der Waals surface area contributed by atoms with Crippen molar-refractivity contribution in [1.29, 1.82) is 0 Å². The summed E-state index contributed by atoms with van der Waals surface area (Å²) in [6, 6.07) is 16.4. The molecule has 0 unspecified atom stereocenters. The molecule has 2 aromatic rings. The highest BCUT2D eigenvalue weighted by Gasteiger charge is 2.16. The second-order valence-corrected chi connectivity index (χ2v) is 3.82. The number of carbonyl (C=O) groups excluding carboxylic acids is 1. The summed E-state index contributed by atoms with van der Waals surface area (Å²) < 4.78 is 0. The smallest absolute Gasteiger partial charge is 0.326 e. The minimum absolute atomic E-state index is 0.202. The van der Waals surface area contributed by atoms with E-state index in [-0.39, 0.29) is 6.03 Å². The Labute approximate surface area is 106 Å². The molecular formula is C14H15N3O. The molecule has 2 rings (SSSR count). The molecule has 2 amide bonds. The van der Waals surface area contributed by atoms with Crippen molar-refractivity contribution in [1.82, 2.24) is 5.32 Å². The predicted molar refractivity (Wildman–Crippen MR) is 73.9 cm³/mol. The lowest BCUT2D eigenvalue weighted by Gasteiger charge is -2.22. The second-order valence-electron chi connectivity index (χ2n) is 3.82. The fourth-order valence-corrected chi connectivity index (χ4v) is 1.74. The van der Waals surface area contributed by atoms with Crippen molar-refractivity contribution in [3.63, 3.8) is 0 Å². The van der Waals surface area contributed by atoms with Crippen molar-refractivity contribution in [2.24, 2.45) is 0 Å². The number of amides is 2. The Morgan fingerprint density at radius 2 is 1.72 bits per heavy atom. The highest BCUT2D eigenvalue weighted by molar-refractivity contribution is 5.99. The molecule has 0 heterocycles. The quantitative estimate of drug-likeness (QED) is 0.794. The number of nitrogens with one attached hydrogen (secondary N) is 1. The molecule has 4 nitrogen and oxygen atoms in total. The molecule has 2 aromatic carbocycles. The number of nitrogen functional groups attached to an aromatic ring is 1. The number of carbonyl (C=O) groups is 1. The fraction of sp³-hybridized carbons (Fsp3) is 0.0714. The third kappa shape index (κ3) is 2.43. The summed E-state index contributed by atoms with van der Waals surface area (Å²) in [5.41, 5.74) is 7.91. The molecule has 0 radical (unpaired) electrons. The van der Waals surface area contributed by atoms with Crippen LogP contribution in [0.15, 0.2) is 54.6 Å². The van der Waals surface area contributed by atoms with Crippen molar-refractivity contribution < 1.29 is 4.79 Å². The van der Waals surface area contributed by atoms with Crippen LogP contribution in [0.1, 0.15) is 0 Å². The van der Waals surface area contributed by atoms with Crippen molar-refractivity contribution >= 4 is 23.1 Å². The lowest BCUT2D eigenvalue weighted by molar-refractivity contribution is 0.250. The van der Waals surface area contributed by atoms with Gasteiger partial charge in [-0.25, -0.2) is 4.79 Å². The minimum Gasteiger partial charge on any atom is -0.399 e. The van der Waals surface area contributed by atoms with Gasteiger partial charge in [0, 0.05) is 12.7 Å². The van der Waals surface area contributed by atoms with Gasteiger partial charge in [0.1, 0.15) is 0 Å². The SMILES string of the molecule is CNC(=O)N(c1ccccc1)c1cccc(N)c1. The van der Waals surface area contributed by atoms with E-state index >= 15 is 0 Å². The van der Waals surface area contributed by atoms with Gasteiger partial charge in [0.05, 0.1) is 11.4 Å². The average molecular weight is 241 g/mol. The molecule has 0 aliphatic carbocycles. The van der Waals surface area contributed by atoms with Gasteiger partial charge in [-0.3, -0.25) is 4.90 Å². The zero-order valence-electron chi connectivity index (χ0n) is 10.1. The first-order valence-corrected chi connectivity index (χ1v) is 5.65. The molecule has 0 spiro atoms. The number of urea groups is 1. The number of benzene rings is 2. The molecule has 0 aliphatic rings. The Hall–Kier alpha value is -2.49. The predicted octanol–water partition coefficient (Wildman–Crippen LogP) is 2.75. The van der Waals surface area contributed by atoms with Crippen LogP contribution in [0, 0.1) is 0 Å². The molecule has 0 saturated heterocycles. The molecule has 0 saturated carbocycles. The average Bonchev–Trinajstić information content (AvgIpc) is 2.40. The number of rotatable bonds is 2. The standard InChI is InChI=1S/C14H15N3O/c1-16-14(18)17(12-7-3-2-4-8-12)13-9-5-6-11(15)10-13/h2-10H,15H2,1H3,(H,16,18). The van der Waals surface area contributed by atoms with E-state index < -0.39 is 0 Å². The molecule has 92 valence electrons. The second kappa shape index (κ2) is 5.23. The lowest BCUT2D eigenvalue weighted by Crippen LogP contribution is -2.34. The highest BCUT2D eigenvalue weighted by Crippen LogP contribution is 2.26. The third-order valence-electron chi connectivity index (χ3n) is 2.56. The van der Waals surface area contributed by atoms with Crippen LogP contribution in [-0.4, -0.2) is 13.1 Å².